The predicted molar refractivity (Wildman–Crippen MR) is 95.8 cm³/mol. The molecule has 3 rings (SSSR count). The van der Waals surface area contributed by atoms with Crippen molar-refractivity contribution in [3.8, 4) is 0 Å². The first-order valence-electron chi connectivity index (χ1n) is 7.83. The number of hydrogen-bond acceptors (Lipinski definition) is 4. The molecule has 0 aliphatic carbocycles. The highest BCUT2D eigenvalue weighted by molar-refractivity contribution is 5.95. The van der Waals surface area contributed by atoms with Gasteiger partial charge in [0.15, 0.2) is 5.78 Å². The molecule has 0 spiro atoms. The number of nitrogens with zero attached hydrogens (tertiary/aromatic N) is 2. The molecule has 1 N–H and O–H groups in total. The van der Waals surface area contributed by atoms with Gasteiger partial charge in [0.2, 0.25) is 5.91 Å². The first-order chi connectivity index (χ1) is 12.0. The second-order valence-corrected chi connectivity index (χ2v) is 5.75. The molecule has 0 unspecified atom stereocenters. The zero-order chi connectivity index (χ0) is 18.0. The van der Waals surface area contributed by atoms with Gasteiger partial charge in [-0.25, -0.2) is 4.98 Å². The summed E-state index contributed by atoms with van der Waals surface area (Å²) in [6, 6.07) is 13.6. The Balaban J connectivity index is 1.82. The largest absolute Gasteiger partial charge is 0.325 e. The number of ketones is 1. The van der Waals surface area contributed by atoms with Gasteiger partial charge in [0.25, 0.3) is 5.56 Å². The molecule has 1 amide bonds. The van der Waals surface area contributed by atoms with Crippen molar-refractivity contribution >= 4 is 28.3 Å². The number of fused-ring (bicyclic) bond motifs is 1. The van der Waals surface area contributed by atoms with Crippen LogP contribution in [0, 0.1) is 6.92 Å². The van der Waals surface area contributed by atoms with E-state index in [0.717, 1.165) is 0 Å². The maximum atomic E-state index is 12.6. The van der Waals surface area contributed by atoms with Crippen molar-refractivity contribution in [3.63, 3.8) is 0 Å². The van der Waals surface area contributed by atoms with Crippen LogP contribution >= 0.6 is 0 Å². The number of hydrogen-bond donors (Lipinski definition) is 1. The molecule has 1 aromatic heterocycles. The van der Waals surface area contributed by atoms with Crippen LogP contribution in [-0.2, 0) is 11.3 Å². The molecule has 6 nitrogen and oxygen atoms in total. The Morgan fingerprint density at radius 3 is 2.44 bits per heavy atom. The molecule has 0 aliphatic rings. The smallest absolute Gasteiger partial charge is 0.261 e. The molecular formula is C19H17N3O3. The second kappa shape index (κ2) is 6.68. The lowest BCUT2D eigenvalue weighted by atomic mass is 10.1. The third-order valence-corrected chi connectivity index (χ3v) is 3.93. The van der Waals surface area contributed by atoms with Crippen LogP contribution in [0.3, 0.4) is 0 Å². The van der Waals surface area contributed by atoms with Crippen LogP contribution in [0.1, 0.15) is 23.1 Å². The number of aryl methyl sites for hydroxylation is 1. The Hall–Kier alpha value is -3.28. The van der Waals surface area contributed by atoms with E-state index in [1.165, 1.54) is 11.5 Å². The molecule has 1 heterocycles. The first kappa shape index (κ1) is 16.6. The van der Waals surface area contributed by atoms with Gasteiger partial charge in [-0.15, -0.1) is 0 Å². The number of nitrogens with one attached hydrogen (secondary N) is 1. The number of carbonyl (C=O) groups is 2. The number of para-hydroxylation sites is 1. The van der Waals surface area contributed by atoms with Crippen LogP contribution in [0.2, 0.25) is 0 Å². The highest BCUT2D eigenvalue weighted by Gasteiger charge is 2.11. The minimum atomic E-state index is -0.335. The zero-order valence-electron chi connectivity index (χ0n) is 13.9. The van der Waals surface area contributed by atoms with Gasteiger partial charge in [-0.2, -0.15) is 0 Å². The van der Waals surface area contributed by atoms with Crippen LogP contribution < -0.4 is 10.9 Å². The van der Waals surface area contributed by atoms with Gasteiger partial charge in [0.05, 0.1) is 10.9 Å². The molecule has 0 saturated heterocycles. The van der Waals surface area contributed by atoms with Crippen molar-refractivity contribution in [2.75, 3.05) is 5.32 Å². The molecule has 3 aromatic rings. The van der Waals surface area contributed by atoms with E-state index in [2.05, 4.69) is 10.3 Å². The van der Waals surface area contributed by atoms with Crippen molar-refractivity contribution in [3.05, 3.63) is 70.3 Å². The Bertz CT molecular complexity index is 1020. The van der Waals surface area contributed by atoms with Crippen LogP contribution in [0.5, 0.6) is 0 Å². The van der Waals surface area contributed by atoms with Gasteiger partial charge >= 0.3 is 0 Å². The van der Waals surface area contributed by atoms with E-state index < -0.39 is 0 Å². The van der Waals surface area contributed by atoms with Crippen molar-refractivity contribution < 1.29 is 9.59 Å². The summed E-state index contributed by atoms with van der Waals surface area (Å²) in [6.07, 6.45) is 0. The number of anilines is 1. The van der Waals surface area contributed by atoms with Gasteiger partial charge in [-0.05, 0) is 50.2 Å². The van der Waals surface area contributed by atoms with Gasteiger partial charge in [-0.1, -0.05) is 12.1 Å². The topological polar surface area (TPSA) is 81.1 Å². The predicted octanol–water partition coefficient (Wildman–Crippen LogP) is 2.55. The standard InChI is InChI=1S/C19H17N3O3/c1-12(23)14-7-9-15(10-8-14)21-18(24)11-22-13(2)20-17-6-4-3-5-16(17)19(22)25/h3-10H,11H2,1-2H3,(H,21,24). The second-order valence-electron chi connectivity index (χ2n) is 5.75. The molecule has 0 atom stereocenters. The van der Waals surface area contributed by atoms with Gasteiger partial charge in [0, 0.05) is 11.3 Å². The van der Waals surface area contributed by atoms with Crippen LogP contribution in [-0.4, -0.2) is 21.2 Å². The fraction of sp³-hybridized carbons (Fsp3) is 0.158. The van der Waals surface area contributed by atoms with Crippen molar-refractivity contribution in [2.24, 2.45) is 0 Å². The van der Waals surface area contributed by atoms with E-state index in [0.29, 0.717) is 28.0 Å². The fourth-order valence-corrected chi connectivity index (χ4v) is 2.60. The van der Waals surface area contributed by atoms with Crippen molar-refractivity contribution in [1.82, 2.24) is 9.55 Å². The summed E-state index contributed by atoms with van der Waals surface area (Å²) in [4.78, 5) is 40.5. The van der Waals surface area contributed by atoms with Gasteiger partial charge in [0.1, 0.15) is 12.4 Å². The minimum absolute atomic E-state index is 0.0395. The SMILES string of the molecule is CC(=O)c1ccc(NC(=O)Cn2c(C)nc3ccccc3c2=O)cc1. The summed E-state index contributed by atoms with van der Waals surface area (Å²) >= 11 is 0. The number of amides is 1. The monoisotopic (exact) mass is 335 g/mol. The highest BCUT2D eigenvalue weighted by atomic mass is 16.2. The average molecular weight is 335 g/mol. The van der Waals surface area contributed by atoms with Crippen molar-refractivity contribution in [1.29, 1.82) is 0 Å². The quantitative estimate of drug-likeness (QED) is 0.743. The lowest BCUT2D eigenvalue weighted by Crippen LogP contribution is -2.30. The Labute approximate surface area is 144 Å². The summed E-state index contributed by atoms with van der Waals surface area (Å²) in [5.41, 5.74) is 1.50. The third kappa shape index (κ3) is 3.47. The summed E-state index contributed by atoms with van der Waals surface area (Å²) in [7, 11) is 0. The summed E-state index contributed by atoms with van der Waals surface area (Å²) < 4.78 is 1.35. The zero-order valence-corrected chi connectivity index (χ0v) is 13.9. The Morgan fingerprint density at radius 2 is 1.76 bits per heavy atom. The number of Topliss-reactive ketones (excluding diaryl/α,β-unsaturated/α-hetero) is 1. The molecule has 0 bridgehead atoms. The van der Waals surface area contributed by atoms with Gasteiger partial charge < -0.3 is 5.32 Å². The molecular weight excluding hydrogens is 318 g/mol. The summed E-state index contributed by atoms with van der Waals surface area (Å²) in [6.45, 7) is 3.05. The Morgan fingerprint density at radius 1 is 1.08 bits per heavy atom. The Kier molecular flexibility index (Phi) is 4.43. The number of carbonyl (C=O) groups excluding carboxylic acids is 2. The molecule has 0 fully saturated rings. The molecule has 0 radical (unpaired) electrons. The molecule has 6 heteroatoms. The average Bonchev–Trinajstić information content (AvgIpc) is 2.59. The molecule has 0 aliphatic heterocycles. The van der Waals surface area contributed by atoms with Crippen LogP contribution in [0.25, 0.3) is 10.9 Å². The van der Waals surface area contributed by atoms with E-state index in [9.17, 15) is 14.4 Å². The van der Waals surface area contributed by atoms with Crippen LogP contribution in [0.4, 0.5) is 5.69 Å². The molecule has 25 heavy (non-hydrogen) atoms. The summed E-state index contributed by atoms with van der Waals surface area (Å²) in [5, 5.41) is 3.20. The summed E-state index contributed by atoms with van der Waals surface area (Å²) in [5.74, 6) is 0.103. The lowest BCUT2D eigenvalue weighted by molar-refractivity contribution is -0.116. The first-order valence-corrected chi connectivity index (χ1v) is 7.83. The third-order valence-electron chi connectivity index (χ3n) is 3.93. The van der Waals surface area contributed by atoms with E-state index in [4.69, 9.17) is 0 Å². The van der Waals surface area contributed by atoms with E-state index in [1.54, 1.807) is 49.4 Å². The number of rotatable bonds is 4. The molecule has 2 aromatic carbocycles. The fourth-order valence-electron chi connectivity index (χ4n) is 2.60. The van der Waals surface area contributed by atoms with Crippen molar-refractivity contribution in [2.45, 2.75) is 20.4 Å². The maximum absolute atomic E-state index is 12.6. The van der Waals surface area contributed by atoms with E-state index >= 15 is 0 Å². The minimum Gasteiger partial charge on any atom is -0.325 e. The maximum Gasteiger partial charge on any atom is 0.261 e. The number of aromatic nitrogens is 2. The van der Waals surface area contributed by atoms with Gasteiger partial charge in [-0.3, -0.25) is 19.0 Å². The van der Waals surface area contributed by atoms with E-state index in [-0.39, 0.29) is 23.8 Å². The highest BCUT2D eigenvalue weighted by Crippen LogP contribution is 2.11. The molecule has 0 saturated carbocycles. The number of benzene rings is 2. The van der Waals surface area contributed by atoms with Crippen LogP contribution in [0.15, 0.2) is 53.3 Å². The lowest BCUT2D eigenvalue weighted by Gasteiger charge is -2.11. The molecule has 126 valence electrons. The van der Waals surface area contributed by atoms with E-state index in [1.807, 2.05) is 6.07 Å². The normalized spacial score (nSPS) is 10.6.